The SMILES string of the molecule is Cc1cccc(C(=O)O[C@H](C)CN2CCOCC2)c1. The van der Waals surface area contributed by atoms with Crippen molar-refractivity contribution in [1.29, 1.82) is 0 Å². The van der Waals surface area contributed by atoms with Gasteiger partial charge in [-0.3, -0.25) is 4.90 Å². The summed E-state index contributed by atoms with van der Waals surface area (Å²) < 4.78 is 10.8. The molecule has 0 spiro atoms. The van der Waals surface area contributed by atoms with Crippen molar-refractivity contribution in [2.24, 2.45) is 0 Å². The molecule has 1 aromatic carbocycles. The van der Waals surface area contributed by atoms with Gasteiger partial charge in [-0.1, -0.05) is 17.7 Å². The lowest BCUT2D eigenvalue weighted by molar-refractivity contribution is 0.000442. The Balaban J connectivity index is 1.84. The quantitative estimate of drug-likeness (QED) is 0.777. The number of rotatable bonds is 4. The standard InChI is InChI=1S/C15H21NO3/c1-12-4-3-5-14(10-12)15(17)19-13(2)11-16-6-8-18-9-7-16/h3-5,10,13H,6-9,11H2,1-2H3/t13-/m1/s1. The third-order valence-corrected chi connectivity index (χ3v) is 3.18. The summed E-state index contributed by atoms with van der Waals surface area (Å²) in [6, 6.07) is 7.48. The molecule has 0 bridgehead atoms. The van der Waals surface area contributed by atoms with Crippen molar-refractivity contribution in [1.82, 2.24) is 4.90 Å². The second-order valence-corrected chi connectivity index (χ2v) is 5.00. The number of hydrogen-bond donors (Lipinski definition) is 0. The summed E-state index contributed by atoms with van der Waals surface area (Å²) in [5.41, 5.74) is 1.68. The fraction of sp³-hybridized carbons (Fsp3) is 0.533. The maximum Gasteiger partial charge on any atom is 0.338 e. The van der Waals surface area contributed by atoms with Crippen molar-refractivity contribution in [3.8, 4) is 0 Å². The number of ether oxygens (including phenoxy) is 2. The molecule has 1 aromatic rings. The number of hydrogen-bond acceptors (Lipinski definition) is 4. The molecule has 0 N–H and O–H groups in total. The minimum atomic E-state index is -0.246. The van der Waals surface area contributed by atoms with Gasteiger partial charge in [0.25, 0.3) is 0 Å². The second kappa shape index (κ2) is 6.68. The molecule has 1 aliphatic rings. The molecule has 4 nitrogen and oxygen atoms in total. The highest BCUT2D eigenvalue weighted by molar-refractivity contribution is 5.89. The maximum absolute atomic E-state index is 12.0. The Kier molecular flexibility index (Phi) is 4.93. The van der Waals surface area contributed by atoms with Gasteiger partial charge in [-0.05, 0) is 26.0 Å². The zero-order chi connectivity index (χ0) is 13.7. The Labute approximate surface area is 114 Å². The summed E-state index contributed by atoms with van der Waals surface area (Å²) in [5, 5.41) is 0. The lowest BCUT2D eigenvalue weighted by atomic mass is 10.1. The number of esters is 1. The molecule has 0 radical (unpaired) electrons. The largest absolute Gasteiger partial charge is 0.458 e. The van der Waals surface area contributed by atoms with Gasteiger partial charge >= 0.3 is 5.97 Å². The molecule has 19 heavy (non-hydrogen) atoms. The number of carbonyl (C=O) groups excluding carboxylic acids is 1. The van der Waals surface area contributed by atoms with Crippen molar-refractivity contribution in [3.63, 3.8) is 0 Å². The first kappa shape index (κ1) is 14.0. The van der Waals surface area contributed by atoms with E-state index in [-0.39, 0.29) is 12.1 Å². The van der Waals surface area contributed by atoms with Crippen LogP contribution in [-0.4, -0.2) is 49.8 Å². The van der Waals surface area contributed by atoms with E-state index in [1.165, 1.54) is 0 Å². The average Bonchev–Trinajstić information content (AvgIpc) is 2.39. The zero-order valence-corrected chi connectivity index (χ0v) is 11.6. The highest BCUT2D eigenvalue weighted by atomic mass is 16.5. The molecule has 0 aromatic heterocycles. The first-order chi connectivity index (χ1) is 9.15. The van der Waals surface area contributed by atoms with Crippen molar-refractivity contribution < 1.29 is 14.3 Å². The Morgan fingerprint density at radius 3 is 2.84 bits per heavy atom. The third kappa shape index (κ3) is 4.33. The van der Waals surface area contributed by atoms with E-state index in [0.29, 0.717) is 5.56 Å². The van der Waals surface area contributed by atoms with Crippen molar-refractivity contribution >= 4 is 5.97 Å². The van der Waals surface area contributed by atoms with Gasteiger partial charge < -0.3 is 9.47 Å². The van der Waals surface area contributed by atoms with Crippen LogP contribution in [0.3, 0.4) is 0 Å². The van der Waals surface area contributed by atoms with Crippen LogP contribution in [0.15, 0.2) is 24.3 Å². The number of aryl methyl sites for hydroxylation is 1. The van der Waals surface area contributed by atoms with Crippen molar-refractivity contribution in [2.45, 2.75) is 20.0 Å². The molecule has 0 aliphatic carbocycles. The van der Waals surface area contributed by atoms with Crippen LogP contribution in [0, 0.1) is 6.92 Å². The van der Waals surface area contributed by atoms with Crippen LogP contribution in [-0.2, 0) is 9.47 Å². The van der Waals surface area contributed by atoms with Crippen LogP contribution in [0.4, 0.5) is 0 Å². The van der Waals surface area contributed by atoms with E-state index < -0.39 is 0 Å². The molecule has 1 aliphatic heterocycles. The van der Waals surface area contributed by atoms with Gasteiger partial charge in [0.2, 0.25) is 0 Å². The van der Waals surface area contributed by atoms with Crippen LogP contribution < -0.4 is 0 Å². The molecule has 2 rings (SSSR count). The molecule has 1 heterocycles. The molecule has 4 heteroatoms. The van der Waals surface area contributed by atoms with Gasteiger partial charge in [-0.25, -0.2) is 4.79 Å². The predicted octanol–water partition coefficient (Wildman–Crippen LogP) is 1.87. The molecule has 1 fully saturated rings. The first-order valence-corrected chi connectivity index (χ1v) is 6.73. The monoisotopic (exact) mass is 263 g/mol. The van der Waals surface area contributed by atoms with Crippen LogP contribution in [0.1, 0.15) is 22.8 Å². The number of morpholine rings is 1. The van der Waals surface area contributed by atoms with Gasteiger partial charge in [0, 0.05) is 19.6 Å². The lowest BCUT2D eigenvalue weighted by Crippen LogP contribution is -2.41. The van der Waals surface area contributed by atoms with Gasteiger partial charge in [0.15, 0.2) is 0 Å². The summed E-state index contributed by atoms with van der Waals surface area (Å²) in [4.78, 5) is 14.2. The van der Waals surface area contributed by atoms with E-state index in [1.807, 2.05) is 32.0 Å². The molecule has 0 unspecified atom stereocenters. The van der Waals surface area contributed by atoms with E-state index in [0.717, 1.165) is 38.4 Å². The van der Waals surface area contributed by atoms with Crippen LogP contribution in [0.25, 0.3) is 0 Å². The smallest absolute Gasteiger partial charge is 0.338 e. The number of nitrogens with zero attached hydrogens (tertiary/aromatic N) is 1. The number of benzene rings is 1. The Morgan fingerprint density at radius 2 is 2.16 bits per heavy atom. The fourth-order valence-corrected chi connectivity index (χ4v) is 2.21. The highest BCUT2D eigenvalue weighted by Crippen LogP contribution is 2.08. The maximum atomic E-state index is 12.0. The topological polar surface area (TPSA) is 38.8 Å². The zero-order valence-electron chi connectivity index (χ0n) is 11.6. The molecule has 0 saturated carbocycles. The highest BCUT2D eigenvalue weighted by Gasteiger charge is 2.17. The first-order valence-electron chi connectivity index (χ1n) is 6.73. The molecule has 1 saturated heterocycles. The van der Waals surface area contributed by atoms with E-state index in [1.54, 1.807) is 6.07 Å². The minimum Gasteiger partial charge on any atom is -0.458 e. The van der Waals surface area contributed by atoms with Crippen LogP contribution in [0.5, 0.6) is 0 Å². The Morgan fingerprint density at radius 1 is 1.42 bits per heavy atom. The van der Waals surface area contributed by atoms with E-state index in [2.05, 4.69) is 4.90 Å². The number of carbonyl (C=O) groups is 1. The summed E-state index contributed by atoms with van der Waals surface area (Å²) in [6.45, 7) is 8.01. The molecule has 104 valence electrons. The molecular weight excluding hydrogens is 242 g/mol. The van der Waals surface area contributed by atoms with E-state index >= 15 is 0 Å². The van der Waals surface area contributed by atoms with E-state index in [4.69, 9.17) is 9.47 Å². The summed E-state index contributed by atoms with van der Waals surface area (Å²) in [7, 11) is 0. The van der Waals surface area contributed by atoms with Gasteiger partial charge in [0.05, 0.1) is 18.8 Å². The molecule has 0 amide bonds. The third-order valence-electron chi connectivity index (χ3n) is 3.18. The van der Waals surface area contributed by atoms with Crippen LogP contribution in [0.2, 0.25) is 0 Å². The van der Waals surface area contributed by atoms with Crippen molar-refractivity contribution in [2.75, 3.05) is 32.8 Å². The summed E-state index contributed by atoms with van der Waals surface area (Å²) >= 11 is 0. The van der Waals surface area contributed by atoms with Crippen LogP contribution >= 0.6 is 0 Å². The second-order valence-electron chi connectivity index (χ2n) is 5.00. The summed E-state index contributed by atoms with van der Waals surface area (Å²) in [5.74, 6) is -0.246. The Bertz CT molecular complexity index is 427. The lowest BCUT2D eigenvalue weighted by Gasteiger charge is -2.28. The Hall–Kier alpha value is -1.39. The van der Waals surface area contributed by atoms with Gasteiger partial charge in [-0.15, -0.1) is 0 Å². The molecule has 1 atom stereocenters. The minimum absolute atomic E-state index is 0.105. The van der Waals surface area contributed by atoms with Gasteiger partial charge in [0.1, 0.15) is 6.10 Å². The fourth-order valence-electron chi connectivity index (χ4n) is 2.21. The summed E-state index contributed by atoms with van der Waals surface area (Å²) in [6.07, 6.45) is -0.105. The molecular formula is C15H21NO3. The average molecular weight is 263 g/mol. The normalized spacial score (nSPS) is 18.0. The van der Waals surface area contributed by atoms with Crippen molar-refractivity contribution in [3.05, 3.63) is 35.4 Å². The van der Waals surface area contributed by atoms with E-state index in [9.17, 15) is 4.79 Å². The predicted molar refractivity (Wildman–Crippen MR) is 73.3 cm³/mol. The van der Waals surface area contributed by atoms with Gasteiger partial charge in [-0.2, -0.15) is 0 Å².